The number of aromatic nitrogens is 2. The molecule has 1 aromatic heterocycles. The molecule has 11 heavy (non-hydrogen) atoms. The number of rotatable bonds is 4. The minimum atomic E-state index is 0.228. The molecular weight excluding hydrogens is 160 g/mol. The van der Waals surface area contributed by atoms with E-state index in [0.29, 0.717) is 5.25 Å². The Bertz CT molecular complexity index is 188. The Labute approximate surface area is 70.4 Å². The van der Waals surface area contributed by atoms with Crippen LogP contribution in [0.1, 0.15) is 6.92 Å². The van der Waals surface area contributed by atoms with E-state index in [0.717, 1.165) is 5.88 Å². The molecule has 1 heterocycles. The Hall–Kier alpha value is -0.480. The predicted molar refractivity (Wildman–Crippen MR) is 46.4 cm³/mol. The minimum Gasteiger partial charge on any atom is -0.395 e. The van der Waals surface area contributed by atoms with Crippen LogP contribution < -0.4 is 0 Å². The summed E-state index contributed by atoms with van der Waals surface area (Å²) in [5.74, 6) is 0.814. The summed E-state index contributed by atoms with van der Waals surface area (Å²) in [7, 11) is 0. The molecule has 1 atom stereocenters. The molecule has 4 heteroatoms. The summed E-state index contributed by atoms with van der Waals surface area (Å²) in [6.45, 7) is 2.22. The second kappa shape index (κ2) is 4.41. The van der Waals surface area contributed by atoms with E-state index in [-0.39, 0.29) is 6.61 Å². The van der Waals surface area contributed by atoms with Gasteiger partial charge in [-0.2, -0.15) is 5.10 Å². The summed E-state index contributed by atoms with van der Waals surface area (Å²) >= 11 is 1.68. The smallest absolute Gasteiger partial charge is 0.0866 e. The molecule has 1 rings (SSSR count). The van der Waals surface area contributed by atoms with Crippen LogP contribution in [-0.2, 0) is 5.88 Å². The highest BCUT2D eigenvalue weighted by Gasteiger charge is 1.99. The minimum absolute atomic E-state index is 0.228. The molecule has 0 saturated heterocycles. The van der Waals surface area contributed by atoms with E-state index in [1.807, 2.05) is 23.9 Å². The van der Waals surface area contributed by atoms with Crippen molar-refractivity contribution in [1.82, 2.24) is 9.78 Å². The number of aliphatic hydroxyl groups is 1. The van der Waals surface area contributed by atoms with E-state index in [1.54, 1.807) is 18.0 Å². The van der Waals surface area contributed by atoms with Crippen molar-refractivity contribution in [2.45, 2.75) is 18.1 Å². The Balaban J connectivity index is 2.23. The number of aliphatic hydroxyl groups excluding tert-OH is 1. The third kappa shape index (κ3) is 2.95. The standard InChI is InChI=1S/C7H12N2OS/c1-7(5-10)11-6-9-4-2-3-8-9/h2-4,7,10H,5-6H2,1H3. The maximum atomic E-state index is 8.71. The van der Waals surface area contributed by atoms with Gasteiger partial charge in [0.1, 0.15) is 0 Å². The average molecular weight is 172 g/mol. The normalized spacial score (nSPS) is 13.3. The second-order valence-corrected chi connectivity index (χ2v) is 3.73. The lowest BCUT2D eigenvalue weighted by atomic mass is 10.5. The SMILES string of the molecule is CC(CO)SCn1cccn1. The third-order valence-corrected chi connectivity index (χ3v) is 2.44. The van der Waals surface area contributed by atoms with Crippen LogP contribution in [-0.4, -0.2) is 26.7 Å². The van der Waals surface area contributed by atoms with E-state index in [1.165, 1.54) is 0 Å². The van der Waals surface area contributed by atoms with Crippen LogP contribution in [0.2, 0.25) is 0 Å². The van der Waals surface area contributed by atoms with Gasteiger partial charge in [-0.05, 0) is 6.07 Å². The van der Waals surface area contributed by atoms with Gasteiger partial charge in [0.15, 0.2) is 0 Å². The molecule has 0 aliphatic heterocycles. The molecule has 0 spiro atoms. The van der Waals surface area contributed by atoms with Gasteiger partial charge >= 0.3 is 0 Å². The first-order valence-electron chi connectivity index (χ1n) is 3.53. The quantitative estimate of drug-likeness (QED) is 0.735. The first-order valence-corrected chi connectivity index (χ1v) is 4.57. The molecule has 0 radical (unpaired) electrons. The van der Waals surface area contributed by atoms with Gasteiger partial charge in [-0.3, -0.25) is 4.68 Å². The lowest BCUT2D eigenvalue weighted by Crippen LogP contribution is -2.05. The molecule has 0 fully saturated rings. The van der Waals surface area contributed by atoms with Gasteiger partial charge in [-0.1, -0.05) is 6.92 Å². The number of nitrogens with zero attached hydrogens (tertiary/aromatic N) is 2. The van der Waals surface area contributed by atoms with Gasteiger partial charge in [0.25, 0.3) is 0 Å². The maximum absolute atomic E-state index is 8.71. The van der Waals surface area contributed by atoms with Crippen molar-refractivity contribution in [3.63, 3.8) is 0 Å². The largest absolute Gasteiger partial charge is 0.395 e. The Kier molecular flexibility index (Phi) is 3.45. The van der Waals surface area contributed by atoms with Crippen molar-refractivity contribution in [3.8, 4) is 0 Å². The van der Waals surface area contributed by atoms with Crippen LogP contribution in [0.15, 0.2) is 18.5 Å². The fourth-order valence-electron chi connectivity index (χ4n) is 0.633. The average Bonchev–Trinajstić information content (AvgIpc) is 2.52. The van der Waals surface area contributed by atoms with E-state index >= 15 is 0 Å². The van der Waals surface area contributed by atoms with Gasteiger partial charge < -0.3 is 5.11 Å². The van der Waals surface area contributed by atoms with Crippen molar-refractivity contribution in [2.75, 3.05) is 6.61 Å². The molecule has 1 unspecified atom stereocenters. The molecule has 0 aromatic carbocycles. The molecule has 0 bridgehead atoms. The first-order chi connectivity index (χ1) is 5.33. The van der Waals surface area contributed by atoms with Gasteiger partial charge in [-0.15, -0.1) is 11.8 Å². The monoisotopic (exact) mass is 172 g/mol. The van der Waals surface area contributed by atoms with Gasteiger partial charge in [-0.25, -0.2) is 0 Å². The fraction of sp³-hybridized carbons (Fsp3) is 0.571. The highest BCUT2D eigenvalue weighted by atomic mass is 32.2. The zero-order valence-electron chi connectivity index (χ0n) is 6.47. The molecule has 1 N–H and O–H groups in total. The number of hydrogen-bond acceptors (Lipinski definition) is 3. The molecular formula is C7H12N2OS. The van der Waals surface area contributed by atoms with E-state index < -0.39 is 0 Å². The summed E-state index contributed by atoms with van der Waals surface area (Å²) in [6, 6.07) is 1.89. The van der Waals surface area contributed by atoms with Gasteiger partial charge in [0.05, 0.1) is 12.5 Å². The fourth-order valence-corrected chi connectivity index (χ4v) is 1.30. The van der Waals surface area contributed by atoms with Crippen molar-refractivity contribution in [3.05, 3.63) is 18.5 Å². The maximum Gasteiger partial charge on any atom is 0.0866 e. The predicted octanol–water partition coefficient (Wildman–Crippen LogP) is 0.955. The van der Waals surface area contributed by atoms with Crippen LogP contribution in [0.25, 0.3) is 0 Å². The summed E-state index contributed by atoms with van der Waals surface area (Å²) in [5.41, 5.74) is 0. The molecule has 62 valence electrons. The molecule has 0 saturated carbocycles. The lowest BCUT2D eigenvalue weighted by molar-refractivity contribution is 0.300. The van der Waals surface area contributed by atoms with E-state index in [4.69, 9.17) is 5.11 Å². The Morgan fingerprint density at radius 3 is 3.09 bits per heavy atom. The molecule has 3 nitrogen and oxygen atoms in total. The Morgan fingerprint density at radius 1 is 1.73 bits per heavy atom. The van der Waals surface area contributed by atoms with Gasteiger partial charge in [0, 0.05) is 17.6 Å². The van der Waals surface area contributed by atoms with Crippen LogP contribution in [0.4, 0.5) is 0 Å². The summed E-state index contributed by atoms with van der Waals surface area (Å²) in [5, 5.41) is 13.0. The van der Waals surface area contributed by atoms with Crippen molar-refractivity contribution in [2.24, 2.45) is 0 Å². The highest BCUT2D eigenvalue weighted by Crippen LogP contribution is 2.10. The highest BCUT2D eigenvalue weighted by molar-refractivity contribution is 7.98. The number of thioether (sulfide) groups is 1. The van der Waals surface area contributed by atoms with Crippen LogP contribution in [0.5, 0.6) is 0 Å². The Morgan fingerprint density at radius 2 is 2.55 bits per heavy atom. The first kappa shape index (κ1) is 8.62. The van der Waals surface area contributed by atoms with Crippen molar-refractivity contribution in [1.29, 1.82) is 0 Å². The molecule has 0 aliphatic carbocycles. The molecule has 0 aliphatic rings. The summed E-state index contributed by atoms with van der Waals surface area (Å²) in [4.78, 5) is 0. The van der Waals surface area contributed by atoms with Crippen LogP contribution in [0.3, 0.4) is 0 Å². The third-order valence-electron chi connectivity index (χ3n) is 1.31. The second-order valence-electron chi connectivity index (χ2n) is 2.33. The summed E-state index contributed by atoms with van der Waals surface area (Å²) < 4.78 is 1.84. The number of hydrogen-bond donors (Lipinski definition) is 1. The zero-order valence-corrected chi connectivity index (χ0v) is 7.29. The van der Waals surface area contributed by atoms with Crippen molar-refractivity contribution >= 4 is 11.8 Å². The van der Waals surface area contributed by atoms with E-state index in [9.17, 15) is 0 Å². The summed E-state index contributed by atoms with van der Waals surface area (Å²) in [6.07, 6.45) is 3.67. The van der Waals surface area contributed by atoms with Crippen LogP contribution >= 0.6 is 11.8 Å². The topological polar surface area (TPSA) is 38.0 Å². The zero-order chi connectivity index (χ0) is 8.10. The van der Waals surface area contributed by atoms with E-state index in [2.05, 4.69) is 5.10 Å². The van der Waals surface area contributed by atoms with Crippen molar-refractivity contribution < 1.29 is 5.11 Å². The van der Waals surface area contributed by atoms with Crippen LogP contribution in [0, 0.1) is 0 Å². The molecule has 1 aromatic rings. The van der Waals surface area contributed by atoms with Gasteiger partial charge in [0.2, 0.25) is 0 Å². The lowest BCUT2D eigenvalue weighted by Gasteiger charge is -2.06. The molecule has 0 amide bonds.